The highest BCUT2D eigenvalue weighted by atomic mass is 32.2. The van der Waals surface area contributed by atoms with Crippen LogP contribution in [0.2, 0.25) is 0 Å². The van der Waals surface area contributed by atoms with Crippen LogP contribution in [-0.2, 0) is 19.1 Å². The van der Waals surface area contributed by atoms with Crippen LogP contribution in [0, 0.1) is 17.8 Å². The van der Waals surface area contributed by atoms with Crippen molar-refractivity contribution < 1.29 is 24.2 Å². The van der Waals surface area contributed by atoms with E-state index in [1.54, 1.807) is 16.7 Å². The van der Waals surface area contributed by atoms with Crippen LogP contribution in [0.1, 0.15) is 59.3 Å². The molecule has 6 atom stereocenters. The third-order valence-electron chi connectivity index (χ3n) is 7.75. The second-order valence-corrected chi connectivity index (χ2v) is 12.2. The number of hydrogen-bond acceptors (Lipinski definition) is 6. The fourth-order valence-corrected chi connectivity index (χ4v) is 8.19. The highest BCUT2D eigenvalue weighted by Crippen LogP contribution is 2.61. The third kappa shape index (κ3) is 4.80. The summed E-state index contributed by atoms with van der Waals surface area (Å²) in [6, 6.07) is -1.21. The standard InChI is InChI=1S/C27H40N2O5S/c1-4-5-8-13-28-14-10-12-27-22(21-20(35-27)11-7-6-9-15-34-26(21)33)24(31)29(23(27)25(28)32)19(17-30)16-18(2)3/h7,10-12,18-23,30H,4-6,8-9,13-17H2,1-3H3/b11-7-/t19-,20+,21-,22+,23?,27+/m1/s1. The van der Waals surface area contributed by atoms with E-state index in [2.05, 4.69) is 26.8 Å². The number of likely N-dealkylation sites (tertiary alicyclic amines) is 1. The Morgan fingerprint density at radius 2 is 2.00 bits per heavy atom. The van der Waals surface area contributed by atoms with Crippen LogP contribution in [0.25, 0.3) is 0 Å². The normalized spacial score (nSPS) is 34.5. The number of amides is 2. The summed E-state index contributed by atoms with van der Waals surface area (Å²) in [5, 5.41) is 10.1. The Balaban J connectivity index is 1.79. The highest BCUT2D eigenvalue weighted by Gasteiger charge is 2.71. The average molecular weight is 505 g/mol. The van der Waals surface area contributed by atoms with Gasteiger partial charge in [-0.3, -0.25) is 14.4 Å². The van der Waals surface area contributed by atoms with E-state index in [4.69, 9.17) is 4.74 Å². The van der Waals surface area contributed by atoms with Gasteiger partial charge in [-0.25, -0.2) is 0 Å². The molecule has 1 N–H and O–H groups in total. The van der Waals surface area contributed by atoms with Gasteiger partial charge < -0.3 is 19.6 Å². The van der Waals surface area contributed by atoms with Crippen LogP contribution in [0.3, 0.4) is 0 Å². The summed E-state index contributed by atoms with van der Waals surface area (Å²) in [5.74, 6) is -1.70. The van der Waals surface area contributed by atoms with Crippen molar-refractivity contribution in [3.05, 3.63) is 24.3 Å². The quantitative estimate of drug-likeness (QED) is 0.310. The maximum Gasteiger partial charge on any atom is 0.311 e. The lowest BCUT2D eigenvalue weighted by atomic mass is 9.78. The van der Waals surface area contributed by atoms with Gasteiger partial charge in [-0.15, -0.1) is 11.8 Å². The molecule has 0 aliphatic carbocycles. The van der Waals surface area contributed by atoms with Crippen LogP contribution in [0.5, 0.6) is 0 Å². The van der Waals surface area contributed by atoms with E-state index < -0.39 is 28.7 Å². The first-order valence-electron chi connectivity index (χ1n) is 13.3. The number of rotatable bonds is 8. The first-order chi connectivity index (χ1) is 16.9. The SMILES string of the molecule is CCCCCN1CC=C[C@]23S[C@H]4/C=C\CCCOC(=O)[C@H]4[C@H]2C(=O)N([C@@H](CO)CC(C)C)C3C1=O. The molecule has 35 heavy (non-hydrogen) atoms. The van der Waals surface area contributed by atoms with Crippen molar-refractivity contribution in [1.29, 1.82) is 0 Å². The van der Waals surface area contributed by atoms with Gasteiger partial charge in [0.1, 0.15) is 6.04 Å². The molecular weight excluding hydrogens is 464 g/mol. The molecule has 1 spiro atoms. The van der Waals surface area contributed by atoms with Gasteiger partial charge in [-0.2, -0.15) is 0 Å². The summed E-state index contributed by atoms with van der Waals surface area (Å²) in [7, 11) is 0. The monoisotopic (exact) mass is 504 g/mol. The molecule has 2 saturated heterocycles. The van der Waals surface area contributed by atoms with Crippen molar-refractivity contribution in [2.75, 3.05) is 26.3 Å². The number of thioether (sulfide) groups is 1. The number of esters is 1. The Kier molecular flexibility index (Phi) is 8.31. The molecular formula is C27H40N2O5S. The third-order valence-corrected chi connectivity index (χ3v) is 9.50. The molecule has 0 aromatic carbocycles. The number of unbranched alkanes of at least 4 members (excludes halogenated alkanes) is 2. The number of cyclic esters (lactones) is 1. The maximum atomic E-state index is 14.2. The van der Waals surface area contributed by atoms with E-state index in [1.807, 2.05) is 23.1 Å². The van der Waals surface area contributed by atoms with Gasteiger partial charge in [0.25, 0.3) is 0 Å². The van der Waals surface area contributed by atoms with Gasteiger partial charge in [-0.05, 0) is 31.6 Å². The zero-order chi connectivity index (χ0) is 25.2. The summed E-state index contributed by atoms with van der Waals surface area (Å²) in [6.45, 7) is 7.51. The molecule has 4 rings (SSSR count). The summed E-state index contributed by atoms with van der Waals surface area (Å²) in [6.07, 6.45) is 13.4. The first-order valence-corrected chi connectivity index (χ1v) is 14.1. The van der Waals surface area contributed by atoms with Crippen LogP contribution < -0.4 is 0 Å². The molecule has 0 radical (unpaired) electrons. The number of ether oxygens (including phenoxy) is 1. The second-order valence-electron chi connectivity index (χ2n) is 10.7. The van der Waals surface area contributed by atoms with Gasteiger partial charge in [0, 0.05) is 18.3 Å². The lowest BCUT2D eigenvalue weighted by Crippen LogP contribution is -2.56. The van der Waals surface area contributed by atoms with Gasteiger partial charge in [0.05, 0.1) is 35.8 Å². The molecule has 0 saturated carbocycles. The van der Waals surface area contributed by atoms with Crippen molar-refractivity contribution >= 4 is 29.5 Å². The molecule has 7 nitrogen and oxygen atoms in total. The summed E-state index contributed by atoms with van der Waals surface area (Å²) in [4.78, 5) is 45.2. The Morgan fingerprint density at radius 3 is 2.71 bits per heavy atom. The summed E-state index contributed by atoms with van der Waals surface area (Å²) < 4.78 is 4.76. The number of fused-ring (bicyclic) bond motifs is 2. The zero-order valence-corrected chi connectivity index (χ0v) is 22.0. The van der Waals surface area contributed by atoms with Crippen LogP contribution >= 0.6 is 11.8 Å². The highest BCUT2D eigenvalue weighted by molar-refractivity contribution is 8.02. The largest absolute Gasteiger partial charge is 0.465 e. The van der Waals surface area contributed by atoms with E-state index in [9.17, 15) is 19.5 Å². The number of aliphatic hydroxyl groups excluding tert-OH is 1. The Labute approximate surface area is 213 Å². The first kappa shape index (κ1) is 26.3. The Bertz CT molecular complexity index is 874. The minimum Gasteiger partial charge on any atom is -0.465 e. The van der Waals surface area contributed by atoms with Gasteiger partial charge >= 0.3 is 5.97 Å². The Hall–Kier alpha value is -1.80. The lowest BCUT2D eigenvalue weighted by Gasteiger charge is -2.39. The van der Waals surface area contributed by atoms with E-state index in [0.29, 0.717) is 26.1 Å². The predicted molar refractivity (Wildman–Crippen MR) is 137 cm³/mol. The van der Waals surface area contributed by atoms with Crippen molar-refractivity contribution in [1.82, 2.24) is 9.80 Å². The fraction of sp³-hybridized carbons (Fsp3) is 0.741. The summed E-state index contributed by atoms with van der Waals surface area (Å²) >= 11 is 1.57. The molecule has 194 valence electrons. The van der Waals surface area contributed by atoms with Gasteiger partial charge in [-0.1, -0.05) is 57.9 Å². The van der Waals surface area contributed by atoms with E-state index in [1.165, 1.54) is 0 Å². The molecule has 0 aromatic rings. The molecule has 4 aliphatic heterocycles. The predicted octanol–water partition coefficient (Wildman–Crippen LogP) is 3.17. The molecule has 4 aliphatic rings. The minimum atomic E-state index is -0.851. The van der Waals surface area contributed by atoms with Crippen LogP contribution in [0.4, 0.5) is 0 Å². The molecule has 2 fully saturated rings. The molecule has 4 heterocycles. The molecule has 1 unspecified atom stereocenters. The minimum absolute atomic E-state index is 0.0690. The van der Waals surface area contributed by atoms with Crippen molar-refractivity contribution in [3.8, 4) is 0 Å². The van der Waals surface area contributed by atoms with E-state index in [-0.39, 0.29) is 35.6 Å². The number of carbonyl (C=O) groups is 3. The van der Waals surface area contributed by atoms with Crippen molar-refractivity contribution in [2.45, 2.75) is 81.4 Å². The van der Waals surface area contributed by atoms with Crippen molar-refractivity contribution in [2.24, 2.45) is 17.8 Å². The number of allylic oxidation sites excluding steroid dienone is 1. The molecule has 8 heteroatoms. The summed E-state index contributed by atoms with van der Waals surface area (Å²) in [5.41, 5.74) is 0. The van der Waals surface area contributed by atoms with E-state index in [0.717, 1.165) is 32.1 Å². The maximum absolute atomic E-state index is 14.2. The van der Waals surface area contributed by atoms with Gasteiger partial charge in [0.2, 0.25) is 11.8 Å². The second kappa shape index (κ2) is 11.1. The van der Waals surface area contributed by atoms with E-state index >= 15 is 0 Å². The fourth-order valence-electron chi connectivity index (χ4n) is 6.21. The zero-order valence-electron chi connectivity index (χ0n) is 21.2. The Morgan fingerprint density at radius 1 is 1.20 bits per heavy atom. The average Bonchev–Trinajstić information content (AvgIpc) is 3.24. The number of carbonyl (C=O) groups excluding carboxylic acids is 3. The molecule has 0 aromatic heterocycles. The lowest BCUT2D eigenvalue weighted by molar-refractivity contribution is -0.153. The number of hydrogen-bond donors (Lipinski definition) is 1. The molecule has 2 amide bonds. The van der Waals surface area contributed by atoms with Crippen LogP contribution in [-0.4, -0.2) is 81.1 Å². The van der Waals surface area contributed by atoms with Crippen molar-refractivity contribution in [3.63, 3.8) is 0 Å². The number of nitrogens with zero attached hydrogens (tertiary/aromatic N) is 2. The van der Waals surface area contributed by atoms with Gasteiger partial charge in [0.15, 0.2) is 0 Å². The van der Waals surface area contributed by atoms with Crippen LogP contribution in [0.15, 0.2) is 24.3 Å². The smallest absolute Gasteiger partial charge is 0.311 e. The number of aliphatic hydroxyl groups is 1. The topological polar surface area (TPSA) is 87.2 Å². The molecule has 0 bridgehead atoms.